The average Bonchev–Trinajstić information content (AvgIpc) is 2.74. The minimum absolute atomic E-state index is 0.125. The fourth-order valence-corrected chi connectivity index (χ4v) is 1.62. The molecule has 2 heterocycles. The molecule has 1 aromatic heterocycles. The number of hydrogen-bond donors (Lipinski definition) is 1. The standard InChI is InChI=1S/C11H11ClN2O3/c1-7-14-4-9(17-7)6-16-11-10(12)8(5-15)2-3-13-11/h2-3,5,9,14H,1,4,6H2. The van der Waals surface area contributed by atoms with Gasteiger partial charge in [-0.25, -0.2) is 4.98 Å². The largest absolute Gasteiger partial charge is 0.473 e. The molecule has 1 aliphatic rings. The van der Waals surface area contributed by atoms with Gasteiger partial charge in [-0.05, 0) is 12.6 Å². The highest BCUT2D eigenvalue weighted by Gasteiger charge is 2.20. The predicted octanol–water partition coefficient (Wildman–Crippen LogP) is 1.39. The molecule has 6 heteroatoms. The van der Waals surface area contributed by atoms with E-state index in [9.17, 15) is 4.79 Å². The highest BCUT2D eigenvalue weighted by atomic mass is 35.5. The molecular weight excluding hydrogens is 244 g/mol. The number of nitrogens with one attached hydrogen (secondary N) is 1. The number of pyridine rings is 1. The number of aldehydes is 1. The molecular formula is C11H11ClN2O3. The quantitative estimate of drug-likeness (QED) is 0.823. The number of carbonyl (C=O) groups is 1. The minimum atomic E-state index is -0.125. The lowest BCUT2D eigenvalue weighted by atomic mass is 10.3. The Morgan fingerprint density at radius 1 is 1.76 bits per heavy atom. The van der Waals surface area contributed by atoms with Crippen molar-refractivity contribution in [3.8, 4) is 5.88 Å². The summed E-state index contributed by atoms with van der Waals surface area (Å²) in [6.45, 7) is 4.55. The van der Waals surface area contributed by atoms with E-state index in [0.717, 1.165) is 0 Å². The first-order valence-corrected chi connectivity index (χ1v) is 5.40. The van der Waals surface area contributed by atoms with Crippen LogP contribution in [0.25, 0.3) is 0 Å². The molecule has 0 bridgehead atoms. The Bertz CT molecular complexity index is 450. The van der Waals surface area contributed by atoms with E-state index >= 15 is 0 Å². The number of hydrogen-bond acceptors (Lipinski definition) is 5. The molecule has 1 aromatic rings. The molecule has 0 aliphatic carbocycles. The van der Waals surface area contributed by atoms with Crippen LogP contribution in [-0.2, 0) is 4.74 Å². The fraction of sp³-hybridized carbons (Fsp3) is 0.273. The number of nitrogens with zero attached hydrogens (tertiary/aromatic N) is 1. The van der Waals surface area contributed by atoms with Gasteiger partial charge in [0.15, 0.2) is 18.3 Å². The van der Waals surface area contributed by atoms with Gasteiger partial charge in [0.05, 0.1) is 6.54 Å². The second kappa shape index (κ2) is 5.05. The molecule has 0 amide bonds. The fourth-order valence-electron chi connectivity index (χ4n) is 1.41. The van der Waals surface area contributed by atoms with Crippen molar-refractivity contribution in [2.24, 2.45) is 0 Å². The Morgan fingerprint density at radius 2 is 2.59 bits per heavy atom. The third kappa shape index (κ3) is 2.68. The first kappa shape index (κ1) is 11.7. The molecule has 0 saturated carbocycles. The summed E-state index contributed by atoms with van der Waals surface area (Å²) in [7, 11) is 0. The van der Waals surface area contributed by atoms with Crippen molar-refractivity contribution in [3.05, 3.63) is 35.3 Å². The van der Waals surface area contributed by atoms with E-state index in [0.29, 0.717) is 30.9 Å². The minimum Gasteiger partial charge on any atom is -0.473 e. The van der Waals surface area contributed by atoms with Crippen LogP contribution in [0.4, 0.5) is 0 Å². The number of aromatic nitrogens is 1. The highest BCUT2D eigenvalue weighted by Crippen LogP contribution is 2.24. The molecule has 0 spiro atoms. The topological polar surface area (TPSA) is 60.5 Å². The summed E-state index contributed by atoms with van der Waals surface area (Å²) < 4.78 is 10.7. The van der Waals surface area contributed by atoms with Crippen molar-refractivity contribution < 1.29 is 14.3 Å². The van der Waals surface area contributed by atoms with Gasteiger partial charge in [0.1, 0.15) is 11.6 Å². The van der Waals surface area contributed by atoms with Crippen molar-refractivity contribution in [2.75, 3.05) is 13.2 Å². The number of rotatable bonds is 4. The summed E-state index contributed by atoms with van der Waals surface area (Å²) in [6, 6.07) is 1.53. The van der Waals surface area contributed by atoms with Gasteiger partial charge >= 0.3 is 0 Å². The summed E-state index contributed by atoms with van der Waals surface area (Å²) in [5.41, 5.74) is 0.353. The molecule has 0 radical (unpaired) electrons. The lowest BCUT2D eigenvalue weighted by Crippen LogP contribution is -2.22. The average molecular weight is 255 g/mol. The highest BCUT2D eigenvalue weighted by molar-refractivity contribution is 6.34. The summed E-state index contributed by atoms with van der Waals surface area (Å²) in [5, 5.41) is 3.15. The Balaban J connectivity index is 1.99. The van der Waals surface area contributed by atoms with E-state index in [4.69, 9.17) is 21.1 Å². The van der Waals surface area contributed by atoms with Crippen LogP contribution in [0.2, 0.25) is 5.02 Å². The molecule has 2 rings (SSSR count). The third-order valence-electron chi connectivity index (χ3n) is 2.26. The van der Waals surface area contributed by atoms with Gasteiger partial charge in [0.25, 0.3) is 0 Å². The van der Waals surface area contributed by atoms with E-state index in [1.165, 1.54) is 12.3 Å². The van der Waals surface area contributed by atoms with E-state index in [-0.39, 0.29) is 17.0 Å². The smallest absolute Gasteiger partial charge is 0.233 e. The summed E-state index contributed by atoms with van der Waals surface area (Å²) >= 11 is 5.93. The predicted molar refractivity (Wildman–Crippen MR) is 62.1 cm³/mol. The van der Waals surface area contributed by atoms with Crippen LogP contribution < -0.4 is 10.1 Å². The monoisotopic (exact) mass is 254 g/mol. The van der Waals surface area contributed by atoms with Crippen molar-refractivity contribution >= 4 is 17.9 Å². The van der Waals surface area contributed by atoms with Crippen LogP contribution in [0.3, 0.4) is 0 Å². The molecule has 90 valence electrons. The Labute approximate surface area is 103 Å². The van der Waals surface area contributed by atoms with Crippen molar-refractivity contribution in [1.29, 1.82) is 0 Å². The molecule has 1 atom stereocenters. The van der Waals surface area contributed by atoms with Gasteiger partial charge in [-0.2, -0.15) is 0 Å². The molecule has 1 fully saturated rings. The van der Waals surface area contributed by atoms with Crippen LogP contribution in [0, 0.1) is 0 Å². The van der Waals surface area contributed by atoms with Gasteiger partial charge in [-0.1, -0.05) is 11.6 Å². The lowest BCUT2D eigenvalue weighted by Gasteiger charge is -2.11. The molecule has 1 unspecified atom stereocenters. The van der Waals surface area contributed by atoms with Crippen molar-refractivity contribution in [3.63, 3.8) is 0 Å². The zero-order valence-corrected chi connectivity index (χ0v) is 9.74. The van der Waals surface area contributed by atoms with Crippen molar-refractivity contribution in [2.45, 2.75) is 6.10 Å². The molecule has 0 aromatic carbocycles. The zero-order chi connectivity index (χ0) is 12.3. The number of carbonyl (C=O) groups excluding carboxylic acids is 1. The summed E-state index contributed by atoms with van der Waals surface area (Å²) in [5.74, 6) is 0.761. The van der Waals surface area contributed by atoms with E-state index in [1.807, 2.05) is 0 Å². The first-order valence-electron chi connectivity index (χ1n) is 5.02. The summed E-state index contributed by atoms with van der Waals surface area (Å²) in [4.78, 5) is 14.6. The van der Waals surface area contributed by atoms with E-state index in [2.05, 4.69) is 16.9 Å². The van der Waals surface area contributed by atoms with Crippen LogP contribution in [-0.4, -0.2) is 30.5 Å². The molecule has 1 N–H and O–H groups in total. The molecule has 5 nitrogen and oxygen atoms in total. The normalized spacial score (nSPS) is 18.4. The Kier molecular flexibility index (Phi) is 3.49. The van der Waals surface area contributed by atoms with Crippen LogP contribution in [0.15, 0.2) is 24.7 Å². The molecule has 1 aliphatic heterocycles. The van der Waals surface area contributed by atoms with E-state index < -0.39 is 0 Å². The zero-order valence-electron chi connectivity index (χ0n) is 8.98. The van der Waals surface area contributed by atoms with Crippen LogP contribution in [0.5, 0.6) is 5.88 Å². The van der Waals surface area contributed by atoms with E-state index in [1.54, 1.807) is 0 Å². The number of halogens is 1. The van der Waals surface area contributed by atoms with Crippen molar-refractivity contribution in [1.82, 2.24) is 10.3 Å². The van der Waals surface area contributed by atoms with Crippen LogP contribution in [0.1, 0.15) is 10.4 Å². The molecule has 17 heavy (non-hydrogen) atoms. The van der Waals surface area contributed by atoms with Gasteiger partial charge in [0.2, 0.25) is 5.88 Å². The number of ether oxygens (including phenoxy) is 2. The first-order chi connectivity index (χ1) is 8.20. The maximum Gasteiger partial charge on any atom is 0.233 e. The van der Waals surface area contributed by atoms with Gasteiger partial charge in [-0.15, -0.1) is 0 Å². The van der Waals surface area contributed by atoms with Gasteiger partial charge in [0, 0.05) is 11.8 Å². The van der Waals surface area contributed by atoms with Crippen LogP contribution >= 0.6 is 11.6 Å². The maximum atomic E-state index is 10.7. The lowest BCUT2D eigenvalue weighted by molar-refractivity contribution is 0.107. The maximum absolute atomic E-state index is 10.7. The summed E-state index contributed by atoms with van der Waals surface area (Å²) in [6.07, 6.45) is 2.00. The SMILES string of the molecule is C=C1NCC(COc2nccc(C=O)c2Cl)O1. The van der Waals surface area contributed by atoms with Gasteiger partial charge in [-0.3, -0.25) is 4.79 Å². The second-order valence-electron chi connectivity index (χ2n) is 3.49. The second-order valence-corrected chi connectivity index (χ2v) is 3.87. The third-order valence-corrected chi connectivity index (χ3v) is 2.64. The van der Waals surface area contributed by atoms with Gasteiger partial charge < -0.3 is 14.8 Å². The molecule has 1 saturated heterocycles. The Morgan fingerprint density at radius 3 is 3.24 bits per heavy atom. The Hall–Kier alpha value is -1.75.